The van der Waals surface area contributed by atoms with Crippen LogP contribution in [0.3, 0.4) is 0 Å². The molecule has 0 aromatic carbocycles. The molecule has 0 aliphatic carbocycles. The zero-order valence-corrected chi connectivity index (χ0v) is 8.64. The molecule has 0 amide bonds. The Kier molecular flexibility index (Phi) is 2.33. The number of pyridine rings is 1. The lowest BCUT2D eigenvalue weighted by atomic mass is 9.91. The van der Waals surface area contributed by atoms with Crippen molar-refractivity contribution in [2.24, 2.45) is 0 Å². The number of nitriles is 1. The quantitative estimate of drug-likeness (QED) is 0.776. The van der Waals surface area contributed by atoms with Crippen molar-refractivity contribution < 1.29 is 5.11 Å². The third-order valence-electron chi connectivity index (χ3n) is 2.80. The Balaban J connectivity index is 2.10. The first-order valence-corrected chi connectivity index (χ1v) is 5.01. The monoisotopic (exact) mass is 203 g/mol. The smallest absolute Gasteiger partial charge is 0.142 e. The molecule has 2 heterocycles. The van der Waals surface area contributed by atoms with Gasteiger partial charge in [0.1, 0.15) is 17.6 Å². The lowest BCUT2D eigenvalue weighted by Crippen LogP contribution is -2.61. The summed E-state index contributed by atoms with van der Waals surface area (Å²) < 4.78 is 0. The highest BCUT2D eigenvalue weighted by Gasteiger charge is 2.40. The van der Waals surface area contributed by atoms with Gasteiger partial charge in [0.05, 0.1) is 5.60 Å². The number of hydrogen-bond acceptors (Lipinski definition) is 4. The molecule has 15 heavy (non-hydrogen) atoms. The van der Waals surface area contributed by atoms with Gasteiger partial charge in [0.15, 0.2) is 0 Å². The van der Waals surface area contributed by atoms with Gasteiger partial charge >= 0.3 is 0 Å². The highest BCUT2D eigenvalue weighted by atomic mass is 16.3. The molecule has 1 N–H and O–H groups in total. The Morgan fingerprint density at radius 3 is 2.93 bits per heavy atom. The van der Waals surface area contributed by atoms with Gasteiger partial charge < -0.3 is 10.0 Å². The Hall–Kier alpha value is -1.60. The zero-order chi connectivity index (χ0) is 10.9. The molecule has 1 aromatic rings. The number of aromatic nitrogens is 1. The van der Waals surface area contributed by atoms with E-state index in [1.54, 1.807) is 6.07 Å². The number of aliphatic hydroxyl groups is 1. The maximum absolute atomic E-state index is 9.84. The number of nitrogens with zero attached hydrogens (tertiary/aromatic N) is 3. The van der Waals surface area contributed by atoms with Crippen LogP contribution in [0.5, 0.6) is 0 Å². The second-order valence-corrected chi connectivity index (χ2v) is 3.93. The molecule has 4 heteroatoms. The molecule has 2 rings (SSSR count). The summed E-state index contributed by atoms with van der Waals surface area (Å²) in [7, 11) is 0. The van der Waals surface area contributed by atoms with Crippen LogP contribution in [0.2, 0.25) is 0 Å². The Labute approximate surface area is 88.8 Å². The van der Waals surface area contributed by atoms with Crippen molar-refractivity contribution in [3.05, 3.63) is 23.9 Å². The van der Waals surface area contributed by atoms with Gasteiger partial charge in [-0.1, -0.05) is 13.0 Å². The Bertz CT molecular complexity index is 405. The molecule has 0 radical (unpaired) electrons. The summed E-state index contributed by atoms with van der Waals surface area (Å²) in [5.41, 5.74) is -0.149. The van der Waals surface area contributed by atoms with Crippen molar-refractivity contribution in [1.29, 1.82) is 5.26 Å². The first-order chi connectivity index (χ1) is 7.17. The minimum atomic E-state index is -0.565. The largest absolute Gasteiger partial charge is 0.386 e. The van der Waals surface area contributed by atoms with E-state index in [-0.39, 0.29) is 0 Å². The van der Waals surface area contributed by atoms with Crippen molar-refractivity contribution >= 4 is 5.82 Å². The molecular formula is C11H13N3O. The summed E-state index contributed by atoms with van der Waals surface area (Å²) in [6, 6.07) is 7.35. The van der Waals surface area contributed by atoms with Gasteiger partial charge in [0.25, 0.3) is 0 Å². The number of anilines is 1. The Morgan fingerprint density at radius 1 is 1.60 bits per heavy atom. The summed E-state index contributed by atoms with van der Waals surface area (Å²) in [5, 5.41) is 18.5. The van der Waals surface area contributed by atoms with Gasteiger partial charge in [-0.05, 0) is 18.6 Å². The molecular weight excluding hydrogens is 190 g/mol. The maximum Gasteiger partial charge on any atom is 0.142 e. The highest BCUT2D eigenvalue weighted by molar-refractivity contribution is 5.45. The van der Waals surface area contributed by atoms with E-state index in [0.717, 1.165) is 12.2 Å². The van der Waals surface area contributed by atoms with Crippen LogP contribution in [-0.2, 0) is 0 Å². The number of rotatable bonds is 2. The van der Waals surface area contributed by atoms with Crippen molar-refractivity contribution in [2.75, 3.05) is 18.0 Å². The molecule has 0 saturated carbocycles. The predicted octanol–water partition coefficient (Wildman–Crippen LogP) is 0.914. The summed E-state index contributed by atoms with van der Waals surface area (Å²) in [6.07, 6.45) is 0.751. The highest BCUT2D eigenvalue weighted by Crippen LogP contribution is 2.28. The lowest BCUT2D eigenvalue weighted by Gasteiger charge is -2.46. The van der Waals surface area contributed by atoms with Crippen LogP contribution in [0.15, 0.2) is 18.2 Å². The van der Waals surface area contributed by atoms with Crippen molar-refractivity contribution in [2.45, 2.75) is 18.9 Å². The van der Waals surface area contributed by atoms with Crippen molar-refractivity contribution in [3.8, 4) is 6.07 Å². The summed E-state index contributed by atoms with van der Waals surface area (Å²) in [5.74, 6) is 0.771. The van der Waals surface area contributed by atoms with Gasteiger partial charge in [-0.25, -0.2) is 4.98 Å². The number of β-amino-alcohol motifs (C(OH)–C–C–N with tert-alkyl or cyclic N) is 1. The van der Waals surface area contributed by atoms with E-state index in [1.165, 1.54) is 0 Å². The summed E-state index contributed by atoms with van der Waals surface area (Å²) in [6.45, 7) is 3.17. The first-order valence-electron chi connectivity index (χ1n) is 5.01. The van der Waals surface area contributed by atoms with Gasteiger partial charge in [-0.15, -0.1) is 0 Å². The van der Waals surface area contributed by atoms with Gasteiger partial charge in [-0.3, -0.25) is 0 Å². The molecule has 1 aliphatic heterocycles. The maximum atomic E-state index is 9.84. The molecule has 0 spiro atoms. The molecule has 78 valence electrons. The van der Waals surface area contributed by atoms with Gasteiger partial charge in [-0.2, -0.15) is 5.26 Å². The van der Waals surface area contributed by atoms with Crippen LogP contribution >= 0.6 is 0 Å². The molecule has 1 aromatic heterocycles. The first kappa shape index (κ1) is 9.94. The third kappa shape index (κ3) is 1.79. The molecule has 0 bridgehead atoms. The fourth-order valence-electron chi connectivity index (χ4n) is 1.71. The van der Waals surface area contributed by atoms with E-state index < -0.39 is 5.60 Å². The molecule has 4 nitrogen and oxygen atoms in total. The van der Waals surface area contributed by atoms with E-state index in [2.05, 4.69) is 4.98 Å². The predicted molar refractivity (Wildman–Crippen MR) is 56.4 cm³/mol. The minimum absolute atomic E-state index is 0.416. The normalized spacial score (nSPS) is 18.1. The van der Waals surface area contributed by atoms with Crippen LogP contribution in [-0.4, -0.2) is 28.8 Å². The van der Waals surface area contributed by atoms with E-state index in [1.807, 2.05) is 30.0 Å². The Morgan fingerprint density at radius 2 is 2.33 bits per heavy atom. The molecule has 0 unspecified atom stereocenters. The van der Waals surface area contributed by atoms with Crippen LogP contribution in [0, 0.1) is 11.3 Å². The molecule has 1 aliphatic rings. The zero-order valence-electron chi connectivity index (χ0n) is 8.64. The SMILES string of the molecule is CCC1(O)CN(c2cccc(C#N)n2)C1. The minimum Gasteiger partial charge on any atom is -0.386 e. The van der Waals surface area contributed by atoms with Crippen LogP contribution in [0.1, 0.15) is 19.0 Å². The van der Waals surface area contributed by atoms with Gasteiger partial charge in [0, 0.05) is 13.1 Å². The lowest BCUT2D eigenvalue weighted by molar-refractivity contribution is 0.00806. The second kappa shape index (κ2) is 3.52. The second-order valence-electron chi connectivity index (χ2n) is 3.93. The fraction of sp³-hybridized carbons (Fsp3) is 0.455. The average Bonchev–Trinajstić information content (AvgIpc) is 2.25. The molecule has 1 fully saturated rings. The van der Waals surface area contributed by atoms with E-state index >= 15 is 0 Å². The summed E-state index contributed by atoms with van der Waals surface area (Å²) >= 11 is 0. The third-order valence-corrected chi connectivity index (χ3v) is 2.80. The molecule has 0 atom stereocenters. The van der Waals surface area contributed by atoms with E-state index in [4.69, 9.17) is 5.26 Å². The van der Waals surface area contributed by atoms with E-state index in [9.17, 15) is 5.11 Å². The van der Waals surface area contributed by atoms with Crippen LogP contribution in [0.25, 0.3) is 0 Å². The standard InChI is InChI=1S/C11H13N3O/c1-2-11(15)7-14(8-11)10-5-3-4-9(6-12)13-10/h3-5,15H,2,7-8H2,1H3. The molecule has 1 saturated heterocycles. The summed E-state index contributed by atoms with van der Waals surface area (Å²) in [4.78, 5) is 6.14. The van der Waals surface area contributed by atoms with Crippen molar-refractivity contribution in [3.63, 3.8) is 0 Å². The fourth-order valence-corrected chi connectivity index (χ4v) is 1.71. The van der Waals surface area contributed by atoms with Crippen LogP contribution in [0.4, 0.5) is 5.82 Å². The van der Waals surface area contributed by atoms with E-state index in [0.29, 0.717) is 18.8 Å². The van der Waals surface area contributed by atoms with Gasteiger partial charge in [0.2, 0.25) is 0 Å². The average molecular weight is 203 g/mol. The van der Waals surface area contributed by atoms with Crippen molar-refractivity contribution in [1.82, 2.24) is 4.98 Å². The number of hydrogen-bond donors (Lipinski definition) is 1. The topological polar surface area (TPSA) is 60.1 Å². The van der Waals surface area contributed by atoms with Crippen LogP contribution < -0.4 is 4.90 Å².